The zero-order valence-corrected chi connectivity index (χ0v) is 21.1. The van der Waals surface area contributed by atoms with E-state index < -0.39 is 11.8 Å². The van der Waals surface area contributed by atoms with Gasteiger partial charge in [0.05, 0.1) is 33.5 Å². The summed E-state index contributed by atoms with van der Waals surface area (Å²) in [6.45, 7) is 6.91. The SMILES string of the molecule is [2H][C@](Cc1cc(Cl)c2ncc(C#N)c(NCC(C)(C)C)c2c1)(c1cn(C2CC2)nn1)c1cccnc1F. The van der Waals surface area contributed by atoms with Gasteiger partial charge in [-0.2, -0.15) is 9.65 Å². The van der Waals surface area contributed by atoms with Crippen LogP contribution in [0.5, 0.6) is 0 Å². The molecule has 0 bridgehead atoms. The molecule has 0 aliphatic heterocycles. The van der Waals surface area contributed by atoms with Gasteiger partial charge in [-0.05, 0) is 48.4 Å². The highest BCUT2D eigenvalue weighted by atomic mass is 35.5. The summed E-state index contributed by atoms with van der Waals surface area (Å²) in [5.74, 6) is -2.34. The monoisotopic (exact) mass is 504 g/mol. The molecule has 9 heteroatoms. The third kappa shape index (κ3) is 5.02. The molecule has 1 fully saturated rings. The van der Waals surface area contributed by atoms with Crippen LogP contribution in [0.15, 0.2) is 42.9 Å². The van der Waals surface area contributed by atoms with Crippen molar-refractivity contribution in [1.82, 2.24) is 25.0 Å². The number of fused-ring (bicyclic) bond motifs is 1. The van der Waals surface area contributed by atoms with Crippen LogP contribution in [0, 0.1) is 22.7 Å². The number of hydrogen-bond donors (Lipinski definition) is 1. The minimum Gasteiger partial charge on any atom is -0.383 e. The second-order valence-corrected chi connectivity index (χ2v) is 10.8. The normalized spacial score (nSPS) is 15.8. The molecule has 1 aromatic carbocycles. The largest absolute Gasteiger partial charge is 0.383 e. The molecule has 1 N–H and O–H groups in total. The predicted molar refractivity (Wildman–Crippen MR) is 137 cm³/mol. The van der Waals surface area contributed by atoms with Crippen LogP contribution in [-0.4, -0.2) is 31.5 Å². The number of aromatic nitrogens is 5. The fourth-order valence-corrected chi connectivity index (χ4v) is 4.41. The fraction of sp³-hybridized carbons (Fsp3) is 0.370. The van der Waals surface area contributed by atoms with E-state index in [0.717, 1.165) is 12.8 Å². The quantitative estimate of drug-likeness (QED) is 0.308. The van der Waals surface area contributed by atoms with Crippen molar-refractivity contribution in [3.63, 3.8) is 0 Å². The minimum absolute atomic E-state index is 0.0364. The molecule has 5 rings (SSSR count). The first-order chi connectivity index (χ1) is 17.6. The van der Waals surface area contributed by atoms with Crippen molar-refractivity contribution in [1.29, 1.82) is 5.26 Å². The summed E-state index contributed by atoms with van der Waals surface area (Å²) in [6, 6.07) is 9.24. The van der Waals surface area contributed by atoms with Crippen molar-refractivity contribution in [2.24, 2.45) is 5.41 Å². The molecule has 1 saturated carbocycles. The molecule has 184 valence electrons. The minimum atomic E-state index is -1.61. The highest BCUT2D eigenvalue weighted by Crippen LogP contribution is 2.37. The molecular formula is C27H27ClFN7. The number of halogens is 2. The van der Waals surface area contributed by atoms with Crippen LogP contribution in [0.4, 0.5) is 10.1 Å². The van der Waals surface area contributed by atoms with Crippen LogP contribution < -0.4 is 5.32 Å². The Morgan fingerprint density at radius 3 is 2.83 bits per heavy atom. The van der Waals surface area contributed by atoms with Crippen molar-refractivity contribution < 1.29 is 5.76 Å². The average Bonchev–Trinajstić information content (AvgIpc) is 3.57. The van der Waals surface area contributed by atoms with E-state index in [1.54, 1.807) is 29.1 Å². The Morgan fingerprint density at radius 2 is 2.14 bits per heavy atom. The maximum absolute atomic E-state index is 15.0. The third-order valence-corrected chi connectivity index (χ3v) is 6.39. The van der Waals surface area contributed by atoms with Gasteiger partial charge in [0.1, 0.15) is 6.07 Å². The van der Waals surface area contributed by atoms with E-state index in [0.29, 0.717) is 45.0 Å². The van der Waals surface area contributed by atoms with Gasteiger partial charge in [-0.3, -0.25) is 4.98 Å². The van der Waals surface area contributed by atoms with Gasteiger partial charge in [-0.1, -0.05) is 43.7 Å². The lowest BCUT2D eigenvalue weighted by Gasteiger charge is -2.22. The summed E-state index contributed by atoms with van der Waals surface area (Å²) in [4.78, 5) is 8.21. The lowest BCUT2D eigenvalue weighted by molar-refractivity contribution is 0.443. The molecule has 3 heterocycles. The Morgan fingerprint density at radius 1 is 1.33 bits per heavy atom. The third-order valence-electron chi connectivity index (χ3n) is 6.11. The topological polar surface area (TPSA) is 92.3 Å². The zero-order valence-electron chi connectivity index (χ0n) is 21.4. The smallest absolute Gasteiger partial charge is 0.216 e. The van der Waals surface area contributed by atoms with Gasteiger partial charge in [0.25, 0.3) is 0 Å². The van der Waals surface area contributed by atoms with Gasteiger partial charge in [0.15, 0.2) is 0 Å². The Labute approximate surface area is 215 Å². The predicted octanol–water partition coefficient (Wildman–Crippen LogP) is 6.05. The molecule has 1 atom stereocenters. The highest BCUT2D eigenvalue weighted by Gasteiger charge is 2.28. The second-order valence-electron chi connectivity index (χ2n) is 10.4. The average molecular weight is 505 g/mol. The molecule has 3 aromatic heterocycles. The van der Waals surface area contributed by atoms with E-state index in [9.17, 15) is 11.0 Å². The van der Waals surface area contributed by atoms with Crippen molar-refractivity contribution in [3.8, 4) is 6.07 Å². The molecule has 1 aliphatic rings. The molecular weight excluding hydrogens is 477 g/mol. The Bertz CT molecular complexity index is 1520. The first-order valence-corrected chi connectivity index (χ1v) is 12.3. The summed E-state index contributed by atoms with van der Waals surface area (Å²) in [7, 11) is 0. The van der Waals surface area contributed by atoms with E-state index >= 15 is 0 Å². The van der Waals surface area contributed by atoms with Crippen molar-refractivity contribution in [2.45, 2.75) is 52.0 Å². The number of pyridine rings is 2. The Balaban J connectivity index is 1.64. The van der Waals surface area contributed by atoms with E-state index in [-0.39, 0.29) is 23.4 Å². The van der Waals surface area contributed by atoms with Crippen molar-refractivity contribution in [2.75, 3.05) is 11.9 Å². The van der Waals surface area contributed by atoms with E-state index in [1.807, 2.05) is 6.07 Å². The van der Waals surface area contributed by atoms with Crippen molar-refractivity contribution in [3.05, 3.63) is 76.2 Å². The molecule has 36 heavy (non-hydrogen) atoms. The number of anilines is 1. The van der Waals surface area contributed by atoms with Gasteiger partial charge < -0.3 is 5.32 Å². The number of rotatable bonds is 7. The van der Waals surface area contributed by atoms with Crippen LogP contribution >= 0.6 is 11.6 Å². The molecule has 0 radical (unpaired) electrons. The summed E-state index contributed by atoms with van der Waals surface area (Å²) < 4.78 is 26.2. The van der Waals surface area contributed by atoms with Crippen LogP contribution in [0.2, 0.25) is 5.02 Å². The maximum atomic E-state index is 15.0. The molecule has 7 nitrogen and oxygen atoms in total. The highest BCUT2D eigenvalue weighted by molar-refractivity contribution is 6.35. The standard InChI is InChI=1S/C27H27ClFN7/c1-27(2,3)15-33-24-17(12-30)13-32-25-21(24)10-16(11-22(25)28)9-20(19-5-4-8-31-26(19)29)23-14-36(35-34-23)18-6-7-18/h4-5,8,10-11,13-14,18,20H,6-7,9,15H2,1-3H3,(H,32,33)/t20-/m1/s1/i20D. The number of benzene rings is 1. The summed E-state index contributed by atoms with van der Waals surface area (Å²) >= 11 is 6.67. The van der Waals surface area contributed by atoms with Crippen LogP contribution in [0.25, 0.3) is 10.9 Å². The molecule has 4 aromatic rings. The molecule has 1 aliphatic carbocycles. The van der Waals surface area contributed by atoms with E-state index in [2.05, 4.69) is 52.4 Å². The molecule has 0 unspecified atom stereocenters. The van der Waals surface area contributed by atoms with Crippen molar-refractivity contribution >= 4 is 28.2 Å². The molecule has 0 spiro atoms. The van der Waals surface area contributed by atoms with Gasteiger partial charge in [0, 0.05) is 43.3 Å². The van der Waals surface area contributed by atoms with E-state index in [1.165, 1.54) is 12.4 Å². The van der Waals surface area contributed by atoms with Gasteiger partial charge in [-0.25, -0.2) is 9.67 Å². The Hall–Kier alpha value is -3.57. The number of hydrogen-bond acceptors (Lipinski definition) is 6. The zero-order chi connectivity index (χ0) is 26.4. The Kier molecular flexibility index (Phi) is 6.02. The number of nitriles is 1. The van der Waals surface area contributed by atoms with Crippen LogP contribution in [0.1, 0.15) is 69.3 Å². The molecule has 0 amide bonds. The van der Waals surface area contributed by atoms with Gasteiger partial charge in [-0.15, -0.1) is 5.10 Å². The number of nitrogens with zero attached hydrogens (tertiary/aromatic N) is 6. The summed E-state index contributed by atoms with van der Waals surface area (Å²) in [5.41, 5.74) is 2.64. The van der Waals surface area contributed by atoms with Gasteiger partial charge in [0.2, 0.25) is 5.95 Å². The first-order valence-electron chi connectivity index (χ1n) is 12.4. The van der Waals surface area contributed by atoms with Crippen LogP contribution in [-0.2, 0) is 6.42 Å². The maximum Gasteiger partial charge on any atom is 0.216 e. The van der Waals surface area contributed by atoms with Crippen LogP contribution in [0.3, 0.4) is 0 Å². The lowest BCUT2D eigenvalue weighted by Crippen LogP contribution is -2.19. The summed E-state index contributed by atoms with van der Waals surface area (Å²) in [5, 5.41) is 22.7. The molecule has 0 saturated heterocycles. The fourth-order valence-electron chi connectivity index (χ4n) is 4.12. The lowest BCUT2D eigenvalue weighted by atomic mass is 9.89. The summed E-state index contributed by atoms with van der Waals surface area (Å²) in [6.07, 6.45) is 6.67. The second kappa shape index (κ2) is 9.47. The van der Waals surface area contributed by atoms with E-state index in [4.69, 9.17) is 11.6 Å². The van der Waals surface area contributed by atoms with Gasteiger partial charge >= 0.3 is 0 Å². The first kappa shape index (κ1) is 22.9. The number of nitrogens with one attached hydrogen (secondary N) is 1.